The number of pyridine rings is 1. The van der Waals surface area contributed by atoms with Gasteiger partial charge < -0.3 is 4.90 Å². The summed E-state index contributed by atoms with van der Waals surface area (Å²) in [7, 11) is -3.70. The molecule has 0 saturated carbocycles. The van der Waals surface area contributed by atoms with Gasteiger partial charge in [0.05, 0.1) is 10.8 Å². The van der Waals surface area contributed by atoms with Crippen LogP contribution in [0.4, 0.5) is 0 Å². The summed E-state index contributed by atoms with van der Waals surface area (Å²) >= 11 is 12.8. The molecular weight excluding hydrogens is 405 g/mol. The largest absolute Gasteiger partial charge is 0.340 e. The monoisotopic (exact) mass is 419 g/mol. The van der Waals surface area contributed by atoms with Gasteiger partial charge in [-0.2, -0.15) is 4.31 Å². The summed E-state index contributed by atoms with van der Waals surface area (Å²) in [5, 5.41) is 0. The van der Waals surface area contributed by atoms with E-state index < -0.39 is 10.0 Å². The summed E-state index contributed by atoms with van der Waals surface area (Å²) < 4.78 is 27.1. The molecule has 0 bridgehead atoms. The van der Waals surface area contributed by atoms with E-state index in [9.17, 15) is 13.2 Å². The predicted octanol–water partition coefficient (Wildman–Crippen LogP) is 2.53. The fraction of sp³-hybridized carbons (Fsp3) is 0.333. The number of carbonyl (C=O) groups is 1. The lowest BCUT2D eigenvalue weighted by Crippen LogP contribution is -2.50. The van der Waals surface area contributed by atoms with Gasteiger partial charge in [0.1, 0.15) is 9.23 Å². The van der Waals surface area contributed by atoms with Crippen LogP contribution in [0.2, 0.25) is 8.67 Å². The molecule has 6 nitrogen and oxygen atoms in total. The second kappa shape index (κ2) is 7.59. The first-order chi connectivity index (χ1) is 11.9. The van der Waals surface area contributed by atoms with Gasteiger partial charge in [0.2, 0.25) is 15.9 Å². The summed E-state index contributed by atoms with van der Waals surface area (Å²) in [5.74, 6) is -0.0626. The van der Waals surface area contributed by atoms with Crippen molar-refractivity contribution in [2.75, 3.05) is 26.2 Å². The number of thiophene rings is 1. The highest BCUT2D eigenvalue weighted by Gasteiger charge is 2.32. The number of rotatable bonds is 4. The van der Waals surface area contributed by atoms with E-state index in [2.05, 4.69) is 4.98 Å². The highest BCUT2D eigenvalue weighted by Crippen LogP contribution is 2.36. The summed E-state index contributed by atoms with van der Waals surface area (Å²) in [5.41, 5.74) is 0.697. The molecule has 0 radical (unpaired) electrons. The molecule has 2 aromatic rings. The molecule has 10 heteroatoms. The number of carbonyl (C=O) groups excluding carboxylic acids is 1. The van der Waals surface area contributed by atoms with Crippen molar-refractivity contribution in [2.45, 2.75) is 11.3 Å². The van der Waals surface area contributed by atoms with E-state index in [1.165, 1.54) is 10.4 Å². The first kappa shape index (κ1) is 18.6. The molecular formula is C15H15Cl2N3O3S2. The number of aromatic nitrogens is 1. The first-order valence-corrected chi connectivity index (χ1v) is 10.5. The summed E-state index contributed by atoms with van der Waals surface area (Å²) in [6, 6.07) is 6.78. The van der Waals surface area contributed by atoms with Crippen molar-refractivity contribution in [2.24, 2.45) is 0 Å². The van der Waals surface area contributed by atoms with E-state index in [-0.39, 0.29) is 34.6 Å². The minimum absolute atomic E-state index is 0.0254. The van der Waals surface area contributed by atoms with Gasteiger partial charge >= 0.3 is 0 Å². The zero-order chi connectivity index (χ0) is 18.0. The van der Waals surface area contributed by atoms with Gasteiger partial charge in [-0.15, -0.1) is 11.3 Å². The molecule has 1 fully saturated rings. The average Bonchev–Trinajstić information content (AvgIpc) is 2.95. The molecule has 0 N–H and O–H groups in total. The van der Waals surface area contributed by atoms with E-state index in [1.54, 1.807) is 23.2 Å². The summed E-state index contributed by atoms with van der Waals surface area (Å²) in [4.78, 5) is 18.2. The van der Waals surface area contributed by atoms with Gasteiger partial charge in [-0.05, 0) is 18.2 Å². The molecule has 0 atom stereocenters. The molecule has 0 spiro atoms. The summed E-state index contributed by atoms with van der Waals surface area (Å²) in [6.45, 7) is 1.11. The maximum absolute atomic E-state index is 12.7. The molecule has 0 aromatic carbocycles. The fourth-order valence-corrected chi connectivity index (χ4v) is 6.12. The zero-order valence-electron chi connectivity index (χ0n) is 13.1. The fourth-order valence-electron chi connectivity index (χ4n) is 2.59. The molecule has 134 valence electrons. The van der Waals surface area contributed by atoms with Crippen LogP contribution in [0.3, 0.4) is 0 Å². The van der Waals surface area contributed by atoms with Crippen LogP contribution in [0.5, 0.6) is 0 Å². The number of piperazine rings is 1. The normalized spacial score (nSPS) is 16.2. The predicted molar refractivity (Wildman–Crippen MR) is 97.6 cm³/mol. The van der Waals surface area contributed by atoms with Crippen molar-refractivity contribution in [1.82, 2.24) is 14.2 Å². The molecule has 3 heterocycles. The molecule has 0 aliphatic carbocycles. The number of amides is 1. The van der Waals surface area contributed by atoms with E-state index in [0.717, 1.165) is 11.3 Å². The third-order valence-electron chi connectivity index (χ3n) is 3.89. The molecule has 2 aromatic heterocycles. The third kappa shape index (κ3) is 4.15. The number of halogens is 2. The lowest BCUT2D eigenvalue weighted by Gasteiger charge is -2.33. The Balaban J connectivity index is 1.63. The highest BCUT2D eigenvalue weighted by atomic mass is 35.5. The van der Waals surface area contributed by atoms with E-state index in [0.29, 0.717) is 23.1 Å². The molecule has 1 aliphatic rings. The van der Waals surface area contributed by atoms with Crippen LogP contribution >= 0.6 is 34.5 Å². The Kier molecular flexibility index (Phi) is 5.65. The van der Waals surface area contributed by atoms with E-state index >= 15 is 0 Å². The minimum atomic E-state index is -3.70. The van der Waals surface area contributed by atoms with Gasteiger partial charge in [0.25, 0.3) is 0 Å². The lowest BCUT2D eigenvalue weighted by atomic mass is 10.2. The topological polar surface area (TPSA) is 70.6 Å². The number of hydrogen-bond donors (Lipinski definition) is 0. The molecule has 1 saturated heterocycles. The Hall–Kier alpha value is -1.19. The third-order valence-corrected chi connectivity index (χ3v) is 7.54. The van der Waals surface area contributed by atoms with Crippen molar-refractivity contribution < 1.29 is 13.2 Å². The molecule has 1 aliphatic heterocycles. The first-order valence-electron chi connectivity index (χ1n) is 7.50. The Bertz CT molecular complexity index is 863. The van der Waals surface area contributed by atoms with Crippen molar-refractivity contribution in [3.05, 3.63) is 44.8 Å². The molecule has 3 rings (SSSR count). The lowest BCUT2D eigenvalue weighted by molar-refractivity contribution is -0.131. The standard InChI is InChI=1S/C15H15Cl2N3O3S2/c16-13-10-12(15(17)24-13)25(22,23)20-7-5-19(6-8-20)14(21)9-11-3-1-2-4-18-11/h1-4,10H,5-9H2. The van der Waals surface area contributed by atoms with Gasteiger partial charge in [-0.1, -0.05) is 29.3 Å². The Morgan fingerprint density at radius 2 is 1.92 bits per heavy atom. The second-order valence-electron chi connectivity index (χ2n) is 5.47. The van der Waals surface area contributed by atoms with Crippen LogP contribution in [-0.2, 0) is 21.2 Å². The number of nitrogens with zero attached hydrogens (tertiary/aromatic N) is 3. The Labute approximate surface area is 160 Å². The van der Waals surface area contributed by atoms with Crippen LogP contribution in [0, 0.1) is 0 Å². The van der Waals surface area contributed by atoms with E-state index in [4.69, 9.17) is 23.2 Å². The van der Waals surface area contributed by atoms with Crippen LogP contribution in [0.1, 0.15) is 5.69 Å². The smallest absolute Gasteiger partial charge is 0.245 e. The van der Waals surface area contributed by atoms with E-state index in [1.807, 2.05) is 6.07 Å². The maximum Gasteiger partial charge on any atom is 0.245 e. The highest BCUT2D eigenvalue weighted by molar-refractivity contribution is 7.89. The van der Waals surface area contributed by atoms with Crippen LogP contribution < -0.4 is 0 Å². The van der Waals surface area contributed by atoms with Crippen molar-refractivity contribution >= 4 is 50.5 Å². The molecule has 1 amide bonds. The summed E-state index contributed by atoms with van der Waals surface area (Å²) in [6.07, 6.45) is 1.85. The zero-order valence-corrected chi connectivity index (χ0v) is 16.2. The Morgan fingerprint density at radius 3 is 2.48 bits per heavy atom. The Morgan fingerprint density at radius 1 is 1.20 bits per heavy atom. The average molecular weight is 420 g/mol. The van der Waals surface area contributed by atoms with Crippen LogP contribution in [0.25, 0.3) is 0 Å². The van der Waals surface area contributed by atoms with Gasteiger partial charge in [-0.25, -0.2) is 8.42 Å². The number of sulfonamides is 1. The number of hydrogen-bond acceptors (Lipinski definition) is 5. The van der Waals surface area contributed by atoms with Crippen molar-refractivity contribution in [1.29, 1.82) is 0 Å². The minimum Gasteiger partial charge on any atom is -0.340 e. The quantitative estimate of drug-likeness (QED) is 0.762. The maximum atomic E-state index is 12.7. The molecule has 0 unspecified atom stereocenters. The van der Waals surface area contributed by atoms with Gasteiger partial charge in [0, 0.05) is 38.1 Å². The van der Waals surface area contributed by atoms with Gasteiger partial charge in [0.15, 0.2) is 0 Å². The van der Waals surface area contributed by atoms with Crippen LogP contribution in [-0.4, -0.2) is 54.7 Å². The second-order valence-corrected chi connectivity index (χ2v) is 9.66. The SMILES string of the molecule is O=C(Cc1ccccn1)N1CCN(S(=O)(=O)c2cc(Cl)sc2Cl)CC1. The van der Waals surface area contributed by atoms with Crippen molar-refractivity contribution in [3.8, 4) is 0 Å². The van der Waals surface area contributed by atoms with Crippen molar-refractivity contribution in [3.63, 3.8) is 0 Å². The molecule has 25 heavy (non-hydrogen) atoms. The van der Waals surface area contributed by atoms with Gasteiger partial charge in [-0.3, -0.25) is 9.78 Å². The van der Waals surface area contributed by atoms with Crippen LogP contribution in [0.15, 0.2) is 35.4 Å².